The molecule has 1 saturated heterocycles. The number of alkyl halides is 1. The van der Waals surface area contributed by atoms with Crippen LogP contribution in [0.2, 0.25) is 0 Å². The second-order valence-corrected chi connectivity index (χ2v) is 6.36. The number of benzene rings is 2. The Kier molecular flexibility index (Phi) is 5.79. The molecule has 1 heterocycles. The van der Waals surface area contributed by atoms with Gasteiger partial charge in [-0.25, -0.2) is 4.39 Å². The highest BCUT2D eigenvalue weighted by atomic mass is 19.1. The molecule has 0 bridgehead atoms. The van der Waals surface area contributed by atoms with E-state index in [1.165, 1.54) is 5.69 Å². The number of para-hydroxylation sites is 1. The van der Waals surface area contributed by atoms with Crippen molar-refractivity contribution in [1.82, 2.24) is 4.90 Å². The number of rotatable bonds is 6. The number of carbonyl (C=O) groups is 1. The minimum absolute atomic E-state index is 0.0268. The lowest BCUT2D eigenvalue weighted by Crippen LogP contribution is -2.54. The van der Waals surface area contributed by atoms with E-state index >= 15 is 0 Å². The van der Waals surface area contributed by atoms with Crippen molar-refractivity contribution in [3.63, 3.8) is 0 Å². The maximum absolute atomic E-state index is 14.4. The average molecular weight is 341 g/mol. The lowest BCUT2D eigenvalue weighted by Gasteiger charge is -2.39. The van der Waals surface area contributed by atoms with Crippen molar-refractivity contribution in [3.05, 3.63) is 66.2 Å². The quantitative estimate of drug-likeness (QED) is 0.821. The number of Topliss-reactive ketones (excluding diaryl/α,β-unsaturated/α-hetero) is 1. The third-order valence-corrected chi connectivity index (χ3v) is 4.70. The Hall–Kier alpha value is -2.24. The fraction of sp³-hybridized carbons (Fsp3) is 0.350. The molecule has 4 nitrogen and oxygen atoms in total. The number of nitrogens with zero attached hydrogens (tertiary/aromatic N) is 2. The highest BCUT2D eigenvalue weighted by molar-refractivity contribution is 5.99. The Morgan fingerprint density at radius 1 is 0.960 bits per heavy atom. The Morgan fingerprint density at radius 3 is 2.12 bits per heavy atom. The van der Waals surface area contributed by atoms with Gasteiger partial charge in [0.2, 0.25) is 0 Å². The average Bonchev–Trinajstić information content (AvgIpc) is 2.68. The molecule has 0 radical (unpaired) electrons. The SMILES string of the molecule is NC(CC(F)C(=O)c1ccccc1)N1CCN(c2ccccc2)CC1. The molecular formula is C20H24FN3O. The van der Waals surface area contributed by atoms with E-state index in [0.717, 1.165) is 26.2 Å². The van der Waals surface area contributed by atoms with Crippen molar-refractivity contribution in [2.24, 2.45) is 5.73 Å². The first kappa shape index (κ1) is 17.6. The third kappa shape index (κ3) is 4.44. The maximum Gasteiger partial charge on any atom is 0.197 e. The first-order valence-corrected chi connectivity index (χ1v) is 8.68. The molecule has 0 aromatic heterocycles. The van der Waals surface area contributed by atoms with Crippen molar-refractivity contribution in [1.29, 1.82) is 0 Å². The molecule has 1 aliphatic heterocycles. The van der Waals surface area contributed by atoms with Crippen LogP contribution in [0, 0.1) is 0 Å². The highest BCUT2D eigenvalue weighted by Crippen LogP contribution is 2.18. The molecule has 2 aromatic rings. The van der Waals surface area contributed by atoms with Gasteiger partial charge in [-0.2, -0.15) is 0 Å². The van der Waals surface area contributed by atoms with Gasteiger partial charge < -0.3 is 10.6 Å². The predicted molar refractivity (Wildman–Crippen MR) is 98.5 cm³/mol. The Morgan fingerprint density at radius 2 is 1.52 bits per heavy atom. The Labute approximate surface area is 148 Å². The standard InChI is InChI=1S/C20H24FN3O/c21-18(20(25)16-7-3-1-4-8-16)15-19(22)24-13-11-23(12-14-24)17-9-5-2-6-10-17/h1-10,18-19H,11-15,22H2. The summed E-state index contributed by atoms with van der Waals surface area (Å²) in [6, 6.07) is 18.8. The van der Waals surface area contributed by atoms with Crippen LogP contribution in [0.25, 0.3) is 0 Å². The fourth-order valence-electron chi connectivity index (χ4n) is 3.20. The molecule has 0 amide bonds. The molecule has 2 atom stereocenters. The molecule has 132 valence electrons. The monoisotopic (exact) mass is 341 g/mol. The molecular weight excluding hydrogens is 317 g/mol. The van der Waals surface area contributed by atoms with Crippen LogP contribution in [-0.4, -0.2) is 49.2 Å². The molecule has 1 aliphatic rings. The fourth-order valence-corrected chi connectivity index (χ4v) is 3.20. The van der Waals surface area contributed by atoms with Crippen LogP contribution >= 0.6 is 0 Å². The zero-order valence-corrected chi connectivity index (χ0v) is 14.2. The van der Waals surface area contributed by atoms with Gasteiger partial charge in [-0.3, -0.25) is 9.69 Å². The van der Waals surface area contributed by atoms with Crippen LogP contribution in [-0.2, 0) is 0 Å². The van der Waals surface area contributed by atoms with E-state index in [0.29, 0.717) is 5.56 Å². The molecule has 1 fully saturated rings. The van der Waals surface area contributed by atoms with Crippen LogP contribution in [0.3, 0.4) is 0 Å². The Balaban J connectivity index is 1.51. The van der Waals surface area contributed by atoms with Crippen LogP contribution in [0.4, 0.5) is 10.1 Å². The van der Waals surface area contributed by atoms with Gasteiger partial charge in [0.15, 0.2) is 12.0 Å². The Bertz CT molecular complexity index is 672. The van der Waals surface area contributed by atoms with Gasteiger partial charge in [-0.05, 0) is 12.1 Å². The summed E-state index contributed by atoms with van der Waals surface area (Å²) in [6.07, 6.45) is -1.98. The predicted octanol–water partition coefficient (Wildman–Crippen LogP) is 2.70. The smallest absolute Gasteiger partial charge is 0.197 e. The van der Waals surface area contributed by atoms with Crippen molar-refractivity contribution in [2.45, 2.75) is 18.8 Å². The van der Waals surface area contributed by atoms with Gasteiger partial charge in [-0.1, -0.05) is 48.5 Å². The van der Waals surface area contributed by atoms with Gasteiger partial charge >= 0.3 is 0 Å². The zero-order valence-electron chi connectivity index (χ0n) is 14.2. The topological polar surface area (TPSA) is 49.6 Å². The van der Waals surface area contributed by atoms with Crippen LogP contribution in [0.1, 0.15) is 16.8 Å². The van der Waals surface area contributed by atoms with Crippen LogP contribution < -0.4 is 10.6 Å². The second kappa shape index (κ2) is 8.23. The first-order chi connectivity index (χ1) is 12.1. The molecule has 0 aliphatic carbocycles. The summed E-state index contributed by atoms with van der Waals surface area (Å²) in [6.45, 7) is 3.23. The molecule has 5 heteroatoms. The summed E-state index contributed by atoms with van der Waals surface area (Å²) in [5.74, 6) is -0.487. The van der Waals surface area contributed by atoms with E-state index in [4.69, 9.17) is 5.73 Å². The van der Waals surface area contributed by atoms with E-state index in [2.05, 4.69) is 21.9 Å². The van der Waals surface area contributed by atoms with Crippen LogP contribution in [0.15, 0.2) is 60.7 Å². The molecule has 2 unspecified atom stereocenters. The number of halogens is 1. The number of carbonyl (C=O) groups excluding carboxylic acids is 1. The van der Waals surface area contributed by atoms with Gasteiger partial charge in [0.1, 0.15) is 0 Å². The first-order valence-electron chi connectivity index (χ1n) is 8.68. The van der Waals surface area contributed by atoms with Gasteiger partial charge in [-0.15, -0.1) is 0 Å². The lowest BCUT2D eigenvalue weighted by molar-refractivity contribution is 0.0808. The van der Waals surface area contributed by atoms with E-state index < -0.39 is 18.1 Å². The van der Waals surface area contributed by atoms with Gasteiger partial charge in [0.25, 0.3) is 0 Å². The number of ketones is 1. The molecule has 25 heavy (non-hydrogen) atoms. The molecule has 3 rings (SSSR count). The van der Waals surface area contributed by atoms with Crippen molar-refractivity contribution >= 4 is 11.5 Å². The summed E-state index contributed by atoms with van der Waals surface area (Å²) < 4.78 is 14.4. The number of piperazine rings is 1. The molecule has 0 spiro atoms. The largest absolute Gasteiger partial charge is 0.369 e. The van der Waals surface area contributed by atoms with Crippen molar-refractivity contribution in [3.8, 4) is 0 Å². The summed E-state index contributed by atoms with van der Waals surface area (Å²) in [5.41, 5.74) is 7.76. The van der Waals surface area contributed by atoms with Gasteiger partial charge in [0, 0.05) is 43.9 Å². The summed E-state index contributed by atoms with van der Waals surface area (Å²) in [4.78, 5) is 16.5. The molecule has 2 N–H and O–H groups in total. The summed E-state index contributed by atoms with van der Waals surface area (Å²) in [5, 5.41) is 0. The van der Waals surface area contributed by atoms with E-state index in [-0.39, 0.29) is 6.42 Å². The number of hydrogen-bond acceptors (Lipinski definition) is 4. The maximum atomic E-state index is 14.4. The highest BCUT2D eigenvalue weighted by Gasteiger charge is 2.27. The van der Waals surface area contributed by atoms with E-state index in [9.17, 15) is 9.18 Å². The second-order valence-electron chi connectivity index (χ2n) is 6.36. The minimum atomic E-state index is -1.57. The summed E-state index contributed by atoms with van der Waals surface area (Å²) >= 11 is 0. The van der Waals surface area contributed by atoms with Crippen LogP contribution in [0.5, 0.6) is 0 Å². The van der Waals surface area contributed by atoms with Crippen molar-refractivity contribution < 1.29 is 9.18 Å². The summed E-state index contributed by atoms with van der Waals surface area (Å²) in [7, 11) is 0. The number of hydrogen-bond donors (Lipinski definition) is 1. The van der Waals surface area contributed by atoms with E-state index in [1.807, 2.05) is 24.3 Å². The minimum Gasteiger partial charge on any atom is -0.369 e. The molecule has 2 aromatic carbocycles. The zero-order chi connectivity index (χ0) is 17.6. The van der Waals surface area contributed by atoms with Gasteiger partial charge in [0.05, 0.1) is 6.17 Å². The number of anilines is 1. The normalized spacial score (nSPS) is 17.9. The van der Waals surface area contributed by atoms with Crippen molar-refractivity contribution in [2.75, 3.05) is 31.1 Å². The number of nitrogens with two attached hydrogens (primary N) is 1. The third-order valence-electron chi connectivity index (χ3n) is 4.70. The molecule has 0 saturated carbocycles. The lowest BCUT2D eigenvalue weighted by atomic mass is 10.0. The van der Waals surface area contributed by atoms with E-state index in [1.54, 1.807) is 24.3 Å².